The van der Waals surface area contributed by atoms with Crippen molar-refractivity contribution in [1.82, 2.24) is 9.97 Å². The molecule has 2 aromatic rings. The van der Waals surface area contributed by atoms with E-state index in [-0.39, 0.29) is 0 Å². The zero-order valence-corrected chi connectivity index (χ0v) is 7.51. The summed E-state index contributed by atoms with van der Waals surface area (Å²) in [6, 6.07) is 5.90. The van der Waals surface area contributed by atoms with Crippen molar-refractivity contribution in [2.24, 2.45) is 0 Å². The van der Waals surface area contributed by atoms with Gasteiger partial charge in [0.2, 0.25) is 0 Å². The number of rotatable bonds is 1. The molecular formula is C9H8N2S. The van der Waals surface area contributed by atoms with Gasteiger partial charge in [-0.3, -0.25) is 4.98 Å². The number of hydrogen-bond acceptors (Lipinski definition) is 3. The summed E-state index contributed by atoms with van der Waals surface area (Å²) in [6.45, 7) is 2.00. The second-order valence-electron chi connectivity index (χ2n) is 2.48. The fourth-order valence-corrected chi connectivity index (χ4v) is 1.83. The first kappa shape index (κ1) is 7.43. The Balaban J connectivity index is 2.51. The molecule has 2 rings (SSSR count). The summed E-state index contributed by atoms with van der Waals surface area (Å²) < 4.78 is 0. The number of hydrogen-bond donors (Lipinski definition) is 0. The number of aryl methyl sites for hydroxylation is 1. The molecule has 0 saturated carbocycles. The molecule has 3 heteroatoms. The Morgan fingerprint density at radius 1 is 1.25 bits per heavy atom. The van der Waals surface area contributed by atoms with Crippen LogP contribution in [0.4, 0.5) is 0 Å². The summed E-state index contributed by atoms with van der Waals surface area (Å²) >= 11 is 1.63. The molecule has 0 N–H and O–H groups in total. The van der Waals surface area contributed by atoms with Crippen molar-refractivity contribution in [3.8, 4) is 10.6 Å². The molecule has 0 amide bonds. The second-order valence-corrected chi connectivity index (χ2v) is 3.34. The van der Waals surface area contributed by atoms with Crippen molar-refractivity contribution in [1.29, 1.82) is 0 Å². The average Bonchev–Trinajstić information content (AvgIpc) is 2.53. The van der Waals surface area contributed by atoms with Crippen molar-refractivity contribution < 1.29 is 0 Å². The van der Waals surface area contributed by atoms with Gasteiger partial charge in [-0.15, -0.1) is 11.3 Å². The van der Waals surface area contributed by atoms with E-state index in [9.17, 15) is 0 Å². The van der Waals surface area contributed by atoms with E-state index < -0.39 is 0 Å². The zero-order valence-electron chi connectivity index (χ0n) is 6.69. The van der Waals surface area contributed by atoms with Crippen LogP contribution in [0.3, 0.4) is 0 Å². The number of thiazole rings is 1. The Morgan fingerprint density at radius 2 is 2.17 bits per heavy atom. The van der Waals surface area contributed by atoms with E-state index in [0.717, 1.165) is 16.3 Å². The van der Waals surface area contributed by atoms with Crippen molar-refractivity contribution in [2.75, 3.05) is 0 Å². The lowest BCUT2D eigenvalue weighted by atomic mass is 10.3. The summed E-state index contributed by atoms with van der Waals surface area (Å²) in [5.74, 6) is 0. The lowest BCUT2D eigenvalue weighted by Crippen LogP contribution is -1.80. The van der Waals surface area contributed by atoms with E-state index in [2.05, 4.69) is 9.97 Å². The molecule has 0 bridgehead atoms. The lowest BCUT2D eigenvalue weighted by molar-refractivity contribution is 1.25. The van der Waals surface area contributed by atoms with Gasteiger partial charge in [-0.2, -0.15) is 0 Å². The van der Waals surface area contributed by atoms with E-state index in [1.165, 1.54) is 0 Å². The van der Waals surface area contributed by atoms with Crippen LogP contribution in [-0.4, -0.2) is 9.97 Å². The highest BCUT2D eigenvalue weighted by Gasteiger charge is 2.03. The van der Waals surface area contributed by atoms with E-state index in [0.29, 0.717) is 0 Å². The number of pyridine rings is 1. The number of aromatic nitrogens is 2. The molecule has 2 aromatic heterocycles. The molecule has 0 atom stereocenters. The van der Waals surface area contributed by atoms with Crippen LogP contribution in [0.15, 0.2) is 29.9 Å². The molecule has 0 fully saturated rings. The zero-order chi connectivity index (χ0) is 8.39. The first-order valence-electron chi connectivity index (χ1n) is 3.69. The van der Waals surface area contributed by atoms with Crippen molar-refractivity contribution in [2.45, 2.75) is 6.92 Å². The Labute approximate surface area is 74.9 Å². The van der Waals surface area contributed by atoms with Crippen LogP contribution in [-0.2, 0) is 0 Å². The largest absolute Gasteiger partial charge is 0.255 e. The van der Waals surface area contributed by atoms with Crippen molar-refractivity contribution in [3.63, 3.8) is 0 Å². The summed E-state index contributed by atoms with van der Waals surface area (Å²) in [5.41, 5.74) is 3.91. The van der Waals surface area contributed by atoms with E-state index in [1.807, 2.05) is 30.6 Å². The summed E-state index contributed by atoms with van der Waals surface area (Å²) in [5, 5.41) is 0. The third kappa shape index (κ3) is 1.23. The smallest absolute Gasteiger partial charge is 0.0820 e. The van der Waals surface area contributed by atoms with Crippen LogP contribution in [0.1, 0.15) is 5.69 Å². The van der Waals surface area contributed by atoms with Crippen molar-refractivity contribution in [3.05, 3.63) is 35.6 Å². The molecule has 2 nitrogen and oxygen atoms in total. The fourth-order valence-electron chi connectivity index (χ4n) is 1.04. The predicted octanol–water partition coefficient (Wildman–Crippen LogP) is 2.51. The van der Waals surface area contributed by atoms with E-state index >= 15 is 0 Å². The third-order valence-electron chi connectivity index (χ3n) is 1.64. The summed E-state index contributed by atoms with van der Waals surface area (Å²) in [7, 11) is 0. The van der Waals surface area contributed by atoms with Gasteiger partial charge in [-0.25, -0.2) is 4.98 Å². The highest BCUT2D eigenvalue weighted by atomic mass is 32.1. The Hall–Kier alpha value is -1.22. The van der Waals surface area contributed by atoms with Gasteiger partial charge in [0, 0.05) is 6.20 Å². The van der Waals surface area contributed by atoms with E-state index in [1.54, 1.807) is 17.5 Å². The minimum Gasteiger partial charge on any atom is -0.255 e. The lowest BCUT2D eigenvalue weighted by Gasteiger charge is -1.94. The minimum atomic E-state index is 1.01. The topological polar surface area (TPSA) is 25.8 Å². The maximum Gasteiger partial charge on any atom is 0.0820 e. The van der Waals surface area contributed by atoms with Crippen LogP contribution >= 0.6 is 11.3 Å². The third-order valence-corrected chi connectivity index (χ3v) is 2.59. The highest BCUT2D eigenvalue weighted by molar-refractivity contribution is 7.13. The van der Waals surface area contributed by atoms with Gasteiger partial charge in [-0.05, 0) is 19.1 Å². The van der Waals surface area contributed by atoms with Crippen LogP contribution in [0.2, 0.25) is 0 Å². The maximum absolute atomic E-state index is 4.25. The van der Waals surface area contributed by atoms with Gasteiger partial charge < -0.3 is 0 Å². The standard InChI is InChI=1S/C9H8N2S/c1-7-9(12-6-11-7)8-4-2-3-5-10-8/h2-6H,1H3. The molecular weight excluding hydrogens is 168 g/mol. The van der Waals surface area contributed by atoms with Gasteiger partial charge in [0.15, 0.2) is 0 Å². The van der Waals surface area contributed by atoms with Gasteiger partial charge >= 0.3 is 0 Å². The van der Waals surface area contributed by atoms with Crippen LogP contribution in [0.25, 0.3) is 10.6 Å². The molecule has 0 saturated heterocycles. The molecule has 0 aliphatic heterocycles. The Kier molecular flexibility index (Phi) is 1.87. The molecule has 2 heterocycles. The monoisotopic (exact) mass is 176 g/mol. The van der Waals surface area contributed by atoms with Crippen LogP contribution in [0, 0.1) is 6.92 Å². The Bertz CT molecular complexity index is 367. The minimum absolute atomic E-state index is 1.01. The quantitative estimate of drug-likeness (QED) is 0.667. The molecule has 12 heavy (non-hydrogen) atoms. The fraction of sp³-hybridized carbons (Fsp3) is 0.111. The highest BCUT2D eigenvalue weighted by Crippen LogP contribution is 2.24. The molecule has 60 valence electrons. The predicted molar refractivity (Wildman–Crippen MR) is 50.1 cm³/mol. The van der Waals surface area contributed by atoms with Gasteiger partial charge in [0.05, 0.1) is 21.8 Å². The summed E-state index contributed by atoms with van der Waals surface area (Å²) in [4.78, 5) is 9.59. The molecule has 0 aliphatic rings. The molecule has 0 aromatic carbocycles. The molecule has 0 spiro atoms. The Morgan fingerprint density at radius 3 is 2.75 bits per heavy atom. The second kappa shape index (κ2) is 3.03. The first-order chi connectivity index (χ1) is 5.88. The van der Waals surface area contributed by atoms with Gasteiger partial charge in [-0.1, -0.05) is 6.07 Å². The molecule has 0 aliphatic carbocycles. The van der Waals surface area contributed by atoms with Gasteiger partial charge in [0.1, 0.15) is 0 Å². The number of nitrogens with zero attached hydrogens (tertiary/aromatic N) is 2. The van der Waals surface area contributed by atoms with Gasteiger partial charge in [0.25, 0.3) is 0 Å². The normalized spacial score (nSPS) is 10.1. The molecule has 0 radical (unpaired) electrons. The maximum atomic E-state index is 4.25. The van der Waals surface area contributed by atoms with Crippen LogP contribution < -0.4 is 0 Å². The van der Waals surface area contributed by atoms with Crippen LogP contribution in [0.5, 0.6) is 0 Å². The summed E-state index contributed by atoms with van der Waals surface area (Å²) in [6.07, 6.45) is 1.80. The van der Waals surface area contributed by atoms with Crippen molar-refractivity contribution >= 4 is 11.3 Å². The average molecular weight is 176 g/mol. The SMILES string of the molecule is Cc1ncsc1-c1ccccn1. The first-order valence-corrected chi connectivity index (χ1v) is 4.57. The molecule has 0 unspecified atom stereocenters. The van der Waals surface area contributed by atoms with E-state index in [4.69, 9.17) is 0 Å².